The highest BCUT2D eigenvalue weighted by molar-refractivity contribution is 5.99. The molecule has 0 spiro atoms. The second kappa shape index (κ2) is 14.0. The lowest BCUT2D eigenvalue weighted by atomic mass is 9.83. The van der Waals surface area contributed by atoms with Crippen LogP contribution in [-0.2, 0) is 27.4 Å². The maximum Gasteiger partial charge on any atom is 0.252 e. The van der Waals surface area contributed by atoms with Crippen molar-refractivity contribution in [3.63, 3.8) is 0 Å². The van der Waals surface area contributed by atoms with Gasteiger partial charge in [-0.1, -0.05) is 23.8 Å². The molecule has 1 aliphatic heterocycles. The van der Waals surface area contributed by atoms with Crippen molar-refractivity contribution < 1.29 is 28.5 Å². The molecule has 8 heteroatoms. The molecule has 2 amide bonds. The normalized spacial score (nSPS) is 18.7. The minimum atomic E-state index is -0.396. The summed E-state index contributed by atoms with van der Waals surface area (Å²) in [6.45, 7) is 2.25. The fourth-order valence-corrected chi connectivity index (χ4v) is 4.80. The lowest BCUT2D eigenvalue weighted by Crippen LogP contribution is -2.43. The number of methoxy groups -OCH3 is 2. The van der Waals surface area contributed by atoms with Crippen molar-refractivity contribution in [2.45, 2.75) is 57.7 Å². The van der Waals surface area contributed by atoms with Crippen LogP contribution in [0.25, 0.3) is 0 Å². The van der Waals surface area contributed by atoms with Crippen LogP contribution in [0.1, 0.15) is 60.0 Å². The van der Waals surface area contributed by atoms with E-state index in [0.717, 1.165) is 48.8 Å². The smallest absolute Gasteiger partial charge is 0.252 e. The Hall–Kier alpha value is -3.36. The molecule has 1 unspecified atom stereocenters. The van der Waals surface area contributed by atoms with E-state index in [1.807, 2.05) is 30.3 Å². The molecule has 0 saturated heterocycles. The zero-order chi connectivity index (χ0) is 26.7. The summed E-state index contributed by atoms with van der Waals surface area (Å²) in [5.74, 6) is 0.986. The van der Waals surface area contributed by atoms with Crippen LogP contribution in [0, 0.1) is 0 Å². The van der Waals surface area contributed by atoms with Gasteiger partial charge in [0.05, 0.1) is 40.1 Å². The maximum atomic E-state index is 13.7. The summed E-state index contributed by atoms with van der Waals surface area (Å²) in [5, 5.41) is 6.28. The third kappa shape index (κ3) is 7.14. The van der Waals surface area contributed by atoms with E-state index in [2.05, 4.69) is 10.6 Å². The number of allylic oxidation sites excluding steroid dienone is 1. The van der Waals surface area contributed by atoms with Crippen molar-refractivity contribution in [1.29, 1.82) is 0 Å². The minimum absolute atomic E-state index is 0.156. The molecule has 1 atom stereocenters. The largest absolute Gasteiger partial charge is 0.497 e. The molecule has 2 N–H and O–H groups in total. The van der Waals surface area contributed by atoms with Gasteiger partial charge >= 0.3 is 0 Å². The van der Waals surface area contributed by atoms with Crippen molar-refractivity contribution in [3.8, 4) is 11.5 Å². The van der Waals surface area contributed by atoms with Crippen molar-refractivity contribution in [3.05, 3.63) is 70.3 Å². The molecular formula is C30H38N2O6. The van der Waals surface area contributed by atoms with Gasteiger partial charge in [-0.25, -0.2) is 0 Å². The van der Waals surface area contributed by atoms with Crippen molar-refractivity contribution >= 4 is 11.8 Å². The summed E-state index contributed by atoms with van der Waals surface area (Å²) in [6, 6.07) is 12.6. The highest BCUT2D eigenvalue weighted by atomic mass is 16.5. The second-order valence-electron chi connectivity index (χ2n) is 9.58. The first-order valence-corrected chi connectivity index (χ1v) is 13.4. The van der Waals surface area contributed by atoms with Crippen LogP contribution in [0.2, 0.25) is 0 Å². The highest BCUT2D eigenvalue weighted by Crippen LogP contribution is 2.32. The molecule has 8 nitrogen and oxygen atoms in total. The number of ether oxygens (including phenoxy) is 4. The van der Waals surface area contributed by atoms with Crippen LogP contribution in [0.4, 0.5) is 0 Å². The average Bonchev–Trinajstić information content (AvgIpc) is 2.91. The lowest BCUT2D eigenvalue weighted by Gasteiger charge is -2.29. The van der Waals surface area contributed by atoms with Gasteiger partial charge in [0, 0.05) is 35.9 Å². The number of amides is 2. The number of rotatable bonds is 6. The quantitative estimate of drug-likeness (QED) is 0.549. The number of carbonyl (C=O) groups is 2. The summed E-state index contributed by atoms with van der Waals surface area (Å²) in [7, 11) is 3.20. The Morgan fingerprint density at radius 2 is 1.82 bits per heavy atom. The Kier molecular flexibility index (Phi) is 10.2. The van der Waals surface area contributed by atoms with Crippen LogP contribution < -0.4 is 20.1 Å². The number of carbonyl (C=O) groups excluding carboxylic acids is 2. The van der Waals surface area contributed by atoms with Gasteiger partial charge in [0.25, 0.3) is 5.91 Å². The van der Waals surface area contributed by atoms with Gasteiger partial charge in [-0.3, -0.25) is 9.59 Å². The molecule has 2 aromatic carbocycles. The van der Waals surface area contributed by atoms with Gasteiger partial charge in [-0.15, -0.1) is 0 Å². The predicted molar refractivity (Wildman–Crippen MR) is 144 cm³/mol. The van der Waals surface area contributed by atoms with E-state index in [9.17, 15) is 9.59 Å². The Balaban J connectivity index is 1.56. The topological polar surface area (TPSA) is 95.1 Å². The summed E-state index contributed by atoms with van der Waals surface area (Å²) in [6.07, 6.45) is 5.11. The van der Waals surface area contributed by atoms with Crippen LogP contribution in [0.3, 0.4) is 0 Å². The standard InChI is InChI=1S/C30H38N2O6/c1-35-24-14-13-22(27(18-24)36-2)19-31-30(34)28(21-9-7-10-21)26-12-5-6-15-37-16-17-38-20-23-8-3-4-11-25(23)29(33)32-26/h3-4,8,11,13-14,18,26H,5-7,9-10,12,15-17,19-20H2,1-2H3,(H,31,34)(H,32,33). The van der Waals surface area contributed by atoms with Gasteiger partial charge in [-0.2, -0.15) is 0 Å². The van der Waals surface area contributed by atoms with E-state index in [1.54, 1.807) is 26.4 Å². The number of benzene rings is 2. The molecule has 1 saturated carbocycles. The molecule has 204 valence electrons. The molecule has 2 aromatic rings. The van der Waals surface area contributed by atoms with Crippen molar-refractivity contribution in [2.24, 2.45) is 0 Å². The van der Waals surface area contributed by atoms with E-state index in [4.69, 9.17) is 18.9 Å². The van der Waals surface area contributed by atoms with Gasteiger partial charge in [0.2, 0.25) is 5.91 Å². The van der Waals surface area contributed by atoms with E-state index >= 15 is 0 Å². The van der Waals surface area contributed by atoms with Gasteiger partial charge in [-0.05, 0) is 62.3 Å². The molecule has 0 radical (unpaired) electrons. The van der Waals surface area contributed by atoms with Crippen LogP contribution in [0.15, 0.2) is 53.6 Å². The number of hydrogen-bond acceptors (Lipinski definition) is 6. The Morgan fingerprint density at radius 3 is 2.58 bits per heavy atom. The lowest BCUT2D eigenvalue weighted by molar-refractivity contribution is -0.118. The summed E-state index contributed by atoms with van der Waals surface area (Å²) >= 11 is 0. The molecule has 0 aromatic heterocycles. The molecule has 1 fully saturated rings. The van der Waals surface area contributed by atoms with Crippen LogP contribution in [0.5, 0.6) is 11.5 Å². The van der Waals surface area contributed by atoms with E-state index < -0.39 is 6.04 Å². The molecular weight excluding hydrogens is 484 g/mol. The fraction of sp³-hybridized carbons (Fsp3) is 0.467. The van der Waals surface area contributed by atoms with E-state index in [-0.39, 0.29) is 11.8 Å². The van der Waals surface area contributed by atoms with Crippen molar-refractivity contribution in [2.75, 3.05) is 34.0 Å². The van der Waals surface area contributed by atoms with Crippen LogP contribution >= 0.6 is 0 Å². The minimum Gasteiger partial charge on any atom is -0.497 e. The Labute approximate surface area is 224 Å². The molecule has 1 heterocycles. The third-order valence-electron chi connectivity index (χ3n) is 7.09. The average molecular weight is 523 g/mol. The number of nitrogens with one attached hydrogen (secondary N) is 2. The zero-order valence-electron chi connectivity index (χ0n) is 22.3. The monoisotopic (exact) mass is 522 g/mol. The van der Waals surface area contributed by atoms with Crippen LogP contribution in [-0.4, -0.2) is 51.9 Å². The van der Waals surface area contributed by atoms with Gasteiger partial charge in [0.1, 0.15) is 11.5 Å². The van der Waals surface area contributed by atoms with E-state index in [1.165, 1.54) is 0 Å². The molecule has 1 aliphatic carbocycles. The second-order valence-corrected chi connectivity index (χ2v) is 9.58. The number of hydrogen-bond donors (Lipinski definition) is 2. The predicted octanol–water partition coefficient (Wildman–Crippen LogP) is 4.32. The van der Waals surface area contributed by atoms with Gasteiger partial charge < -0.3 is 29.6 Å². The molecule has 38 heavy (non-hydrogen) atoms. The van der Waals surface area contributed by atoms with Gasteiger partial charge in [0.15, 0.2) is 0 Å². The third-order valence-corrected chi connectivity index (χ3v) is 7.09. The first-order valence-electron chi connectivity index (χ1n) is 13.4. The highest BCUT2D eigenvalue weighted by Gasteiger charge is 2.29. The fourth-order valence-electron chi connectivity index (χ4n) is 4.80. The molecule has 2 aliphatic rings. The summed E-state index contributed by atoms with van der Waals surface area (Å²) < 4.78 is 22.2. The molecule has 0 bridgehead atoms. The number of fused-ring (bicyclic) bond motifs is 1. The zero-order valence-corrected chi connectivity index (χ0v) is 22.3. The SMILES string of the molecule is COc1ccc(CNC(=O)C(=C2CCC2)C2CCCCOCCOCc3ccccc3C(=O)N2)c(OC)c1. The first-order chi connectivity index (χ1) is 18.6. The van der Waals surface area contributed by atoms with E-state index in [0.29, 0.717) is 62.0 Å². The molecule has 4 rings (SSSR count). The summed E-state index contributed by atoms with van der Waals surface area (Å²) in [5.41, 5.74) is 4.02. The Morgan fingerprint density at radius 1 is 1.00 bits per heavy atom. The maximum absolute atomic E-state index is 13.7. The first kappa shape index (κ1) is 27.7. The van der Waals surface area contributed by atoms with Crippen molar-refractivity contribution in [1.82, 2.24) is 10.6 Å². The summed E-state index contributed by atoms with van der Waals surface area (Å²) in [4.78, 5) is 27.2. The Bertz CT molecular complexity index is 1140.